The predicted octanol–water partition coefficient (Wildman–Crippen LogP) is 5.56. The number of benzene rings is 2. The van der Waals surface area contributed by atoms with E-state index in [9.17, 15) is 13.2 Å². The summed E-state index contributed by atoms with van der Waals surface area (Å²) < 4.78 is 41.8. The van der Waals surface area contributed by atoms with Crippen molar-refractivity contribution >= 4 is 44.9 Å². The molecule has 8 heteroatoms. The zero-order valence-electron chi connectivity index (χ0n) is 14.4. The monoisotopic (exact) mass is 390 g/mol. The van der Waals surface area contributed by atoms with Crippen molar-refractivity contribution in [1.29, 1.82) is 0 Å². The van der Waals surface area contributed by atoms with Gasteiger partial charge in [0, 0.05) is 47.3 Å². The SMILES string of the molecule is CN(c1ccc2c(ccn2C)c1)c1nc(C(F)(F)F)nc2ccc(Cl)cc12. The molecule has 0 bridgehead atoms. The summed E-state index contributed by atoms with van der Waals surface area (Å²) in [6, 6.07) is 12.2. The molecule has 0 aliphatic carbocycles. The van der Waals surface area contributed by atoms with E-state index in [1.165, 1.54) is 12.1 Å². The van der Waals surface area contributed by atoms with Gasteiger partial charge in [-0.1, -0.05) is 11.6 Å². The van der Waals surface area contributed by atoms with Gasteiger partial charge in [-0.25, -0.2) is 9.97 Å². The van der Waals surface area contributed by atoms with Gasteiger partial charge < -0.3 is 9.47 Å². The summed E-state index contributed by atoms with van der Waals surface area (Å²) in [6.45, 7) is 0. The van der Waals surface area contributed by atoms with Crippen molar-refractivity contribution in [3.63, 3.8) is 0 Å². The number of hydrogen-bond donors (Lipinski definition) is 0. The van der Waals surface area contributed by atoms with Crippen molar-refractivity contribution < 1.29 is 13.2 Å². The Bertz CT molecular complexity index is 1170. The smallest absolute Gasteiger partial charge is 0.351 e. The van der Waals surface area contributed by atoms with Crippen molar-refractivity contribution in [3.8, 4) is 0 Å². The minimum atomic E-state index is -4.65. The van der Waals surface area contributed by atoms with Crippen molar-refractivity contribution in [3.05, 3.63) is 59.5 Å². The highest BCUT2D eigenvalue weighted by molar-refractivity contribution is 6.31. The van der Waals surface area contributed by atoms with Crippen LogP contribution < -0.4 is 4.90 Å². The first kappa shape index (κ1) is 17.6. The van der Waals surface area contributed by atoms with Gasteiger partial charge in [-0.15, -0.1) is 0 Å². The molecule has 4 nitrogen and oxygen atoms in total. The third kappa shape index (κ3) is 3.08. The maximum atomic E-state index is 13.3. The lowest BCUT2D eigenvalue weighted by Crippen LogP contribution is -2.17. The number of aromatic nitrogens is 3. The number of rotatable bonds is 2. The molecule has 4 aromatic rings. The van der Waals surface area contributed by atoms with E-state index < -0.39 is 12.0 Å². The van der Waals surface area contributed by atoms with Gasteiger partial charge in [-0.2, -0.15) is 13.2 Å². The zero-order chi connectivity index (χ0) is 19.3. The third-order valence-corrected chi connectivity index (χ3v) is 4.70. The molecule has 0 aliphatic heterocycles. The van der Waals surface area contributed by atoms with E-state index in [2.05, 4.69) is 9.97 Å². The Morgan fingerprint density at radius 2 is 1.81 bits per heavy atom. The molecule has 27 heavy (non-hydrogen) atoms. The predicted molar refractivity (Wildman–Crippen MR) is 101 cm³/mol. The number of anilines is 2. The van der Waals surface area contributed by atoms with Crippen LogP contribution in [0.2, 0.25) is 5.02 Å². The number of alkyl halides is 3. The van der Waals surface area contributed by atoms with Crippen LogP contribution in [0.3, 0.4) is 0 Å². The van der Waals surface area contributed by atoms with Crippen LogP contribution in [-0.2, 0) is 13.2 Å². The van der Waals surface area contributed by atoms with Crippen LogP contribution in [0.4, 0.5) is 24.7 Å². The van der Waals surface area contributed by atoms with Gasteiger partial charge >= 0.3 is 6.18 Å². The summed E-state index contributed by atoms with van der Waals surface area (Å²) in [5, 5.41) is 1.83. The quantitative estimate of drug-likeness (QED) is 0.449. The molecule has 0 saturated carbocycles. The Morgan fingerprint density at radius 1 is 1.04 bits per heavy atom. The van der Waals surface area contributed by atoms with Gasteiger partial charge in [0.2, 0.25) is 5.82 Å². The molecule has 0 aliphatic rings. The largest absolute Gasteiger partial charge is 0.451 e. The fourth-order valence-corrected chi connectivity index (χ4v) is 3.24. The molecular formula is C19H14ClF3N4. The number of aryl methyl sites for hydroxylation is 1. The average Bonchev–Trinajstić information content (AvgIpc) is 3.00. The van der Waals surface area contributed by atoms with Crippen LogP contribution in [0, 0.1) is 0 Å². The molecular weight excluding hydrogens is 377 g/mol. The summed E-state index contributed by atoms with van der Waals surface area (Å²) >= 11 is 6.05. The Kier molecular flexibility index (Phi) is 3.99. The third-order valence-electron chi connectivity index (χ3n) is 4.47. The number of fused-ring (bicyclic) bond motifs is 2. The van der Waals surface area contributed by atoms with E-state index >= 15 is 0 Å². The zero-order valence-corrected chi connectivity index (χ0v) is 15.2. The van der Waals surface area contributed by atoms with Crippen molar-refractivity contribution in [2.24, 2.45) is 7.05 Å². The van der Waals surface area contributed by atoms with E-state index in [0.717, 1.165) is 10.9 Å². The Morgan fingerprint density at radius 3 is 2.56 bits per heavy atom. The van der Waals surface area contributed by atoms with Crippen LogP contribution in [0.25, 0.3) is 21.8 Å². The van der Waals surface area contributed by atoms with Crippen LogP contribution in [0.5, 0.6) is 0 Å². The summed E-state index contributed by atoms with van der Waals surface area (Å²) in [5.41, 5.74) is 1.92. The van der Waals surface area contributed by atoms with Gasteiger partial charge in [0.05, 0.1) is 5.52 Å². The van der Waals surface area contributed by atoms with Gasteiger partial charge in [0.1, 0.15) is 5.82 Å². The average molecular weight is 391 g/mol. The molecule has 0 unspecified atom stereocenters. The number of hydrogen-bond acceptors (Lipinski definition) is 3. The molecule has 0 radical (unpaired) electrons. The van der Waals surface area contributed by atoms with Crippen LogP contribution in [0.15, 0.2) is 48.7 Å². The molecule has 0 amide bonds. The minimum Gasteiger partial charge on any atom is -0.351 e. The normalized spacial score (nSPS) is 12.1. The lowest BCUT2D eigenvalue weighted by Gasteiger charge is -2.21. The summed E-state index contributed by atoms with van der Waals surface area (Å²) in [5.74, 6) is -1.04. The lowest BCUT2D eigenvalue weighted by atomic mass is 10.2. The first-order valence-corrected chi connectivity index (χ1v) is 8.45. The van der Waals surface area contributed by atoms with Crippen LogP contribution in [0.1, 0.15) is 5.82 Å². The molecule has 2 aromatic heterocycles. The molecule has 138 valence electrons. The first-order chi connectivity index (χ1) is 12.7. The van der Waals surface area contributed by atoms with Gasteiger partial charge in [-0.05, 0) is 42.5 Å². The van der Waals surface area contributed by atoms with E-state index in [1.807, 2.05) is 42.1 Å². The highest BCUT2D eigenvalue weighted by Crippen LogP contribution is 2.35. The topological polar surface area (TPSA) is 34.0 Å². The summed E-state index contributed by atoms with van der Waals surface area (Å²) in [6.07, 6.45) is -2.72. The second-order valence-electron chi connectivity index (χ2n) is 6.26. The lowest BCUT2D eigenvalue weighted by molar-refractivity contribution is -0.144. The molecule has 4 rings (SSSR count). The number of halogens is 4. The van der Waals surface area contributed by atoms with Crippen LogP contribution in [-0.4, -0.2) is 21.6 Å². The standard InChI is InChI=1S/C19H14ClF3N4/c1-26-8-7-11-9-13(4-6-16(11)26)27(2)17-14-10-12(20)3-5-15(14)24-18(25-17)19(21,22)23/h3-10H,1-2H3. The van der Waals surface area contributed by atoms with Crippen molar-refractivity contribution in [2.75, 3.05) is 11.9 Å². The molecule has 0 saturated heterocycles. The van der Waals surface area contributed by atoms with Crippen molar-refractivity contribution in [2.45, 2.75) is 6.18 Å². The Labute approximate surface area is 157 Å². The molecule has 0 fully saturated rings. The fraction of sp³-hybridized carbons (Fsp3) is 0.158. The van der Waals surface area contributed by atoms with E-state index in [-0.39, 0.29) is 11.3 Å². The van der Waals surface area contributed by atoms with Gasteiger partial charge in [0.25, 0.3) is 0 Å². The van der Waals surface area contributed by atoms with E-state index in [0.29, 0.717) is 16.1 Å². The Hall–Kier alpha value is -2.80. The molecule has 0 spiro atoms. The molecule has 2 heterocycles. The number of nitrogens with zero attached hydrogens (tertiary/aromatic N) is 4. The highest BCUT2D eigenvalue weighted by Gasteiger charge is 2.36. The summed E-state index contributed by atoms with van der Waals surface area (Å²) in [7, 11) is 3.61. The van der Waals surface area contributed by atoms with Gasteiger partial charge in [-0.3, -0.25) is 0 Å². The van der Waals surface area contributed by atoms with Gasteiger partial charge in [0.15, 0.2) is 0 Å². The maximum absolute atomic E-state index is 13.3. The van der Waals surface area contributed by atoms with Crippen LogP contribution >= 0.6 is 11.6 Å². The van der Waals surface area contributed by atoms with Crippen molar-refractivity contribution in [1.82, 2.24) is 14.5 Å². The van der Waals surface area contributed by atoms with E-state index in [1.54, 1.807) is 18.0 Å². The van der Waals surface area contributed by atoms with E-state index in [4.69, 9.17) is 11.6 Å². The Balaban J connectivity index is 1.93. The molecule has 0 atom stereocenters. The second kappa shape index (κ2) is 6.13. The fourth-order valence-electron chi connectivity index (χ4n) is 3.07. The molecule has 2 aromatic carbocycles. The maximum Gasteiger partial charge on any atom is 0.451 e. The minimum absolute atomic E-state index is 0.144. The molecule has 0 N–H and O–H groups in total. The summed E-state index contributed by atoms with van der Waals surface area (Å²) in [4.78, 5) is 9.07. The highest BCUT2D eigenvalue weighted by atomic mass is 35.5. The first-order valence-electron chi connectivity index (χ1n) is 8.07. The second-order valence-corrected chi connectivity index (χ2v) is 6.70.